The Balaban J connectivity index is 2.59. The quantitative estimate of drug-likeness (QED) is 0.277. The van der Waals surface area contributed by atoms with E-state index in [0.717, 1.165) is 12.3 Å². The molecule has 34 heavy (non-hydrogen) atoms. The van der Waals surface area contributed by atoms with Crippen LogP contribution in [-0.2, 0) is 27.2 Å². The van der Waals surface area contributed by atoms with Crippen molar-refractivity contribution in [1.82, 2.24) is 4.57 Å². The molecule has 0 saturated heterocycles. The number of carbonyl (C=O) groups excluding carboxylic acids is 2. The molecule has 0 aliphatic carbocycles. The molecule has 2 rings (SSSR count). The van der Waals surface area contributed by atoms with E-state index in [4.69, 9.17) is 24.7 Å². The van der Waals surface area contributed by atoms with Gasteiger partial charge >= 0.3 is 5.97 Å². The normalized spacial score (nSPS) is 12.0. The smallest absolute Gasteiger partial charge is 0.359 e. The standard InChI is InChI=1S/C23H28F2N2O7/c1-5-33-22-19(23(30)34-6-2)27(12-18(31-3)32-4)11-15(21(22)29)20(28)17(26)9-13-7-8-14(24)10-16(13)25/h7-8,10-11,17-18H,5-6,9,12,26H2,1-4H3. The maximum absolute atomic E-state index is 14.0. The van der Waals surface area contributed by atoms with Crippen LogP contribution < -0.4 is 15.9 Å². The third-order valence-electron chi connectivity index (χ3n) is 4.92. The van der Waals surface area contributed by atoms with Crippen molar-refractivity contribution in [2.45, 2.75) is 39.1 Å². The average molecular weight is 482 g/mol. The molecule has 1 atom stereocenters. The topological polar surface area (TPSA) is 119 Å². The SMILES string of the molecule is CCOC(=O)c1c(OCC)c(=O)c(C(=O)C(N)Cc2ccc(F)cc2F)cn1CC(OC)OC. The zero-order valence-corrected chi connectivity index (χ0v) is 19.4. The van der Waals surface area contributed by atoms with Crippen LogP contribution in [0.25, 0.3) is 0 Å². The molecule has 9 nitrogen and oxygen atoms in total. The second-order valence-electron chi connectivity index (χ2n) is 7.17. The number of aromatic nitrogens is 1. The molecular weight excluding hydrogens is 454 g/mol. The first-order valence-corrected chi connectivity index (χ1v) is 10.5. The Hall–Kier alpha value is -3.15. The van der Waals surface area contributed by atoms with Gasteiger partial charge in [0.2, 0.25) is 5.43 Å². The van der Waals surface area contributed by atoms with E-state index in [9.17, 15) is 23.2 Å². The molecule has 0 aliphatic rings. The Morgan fingerprint density at radius 3 is 2.35 bits per heavy atom. The average Bonchev–Trinajstić information content (AvgIpc) is 2.80. The zero-order valence-electron chi connectivity index (χ0n) is 19.4. The Morgan fingerprint density at radius 2 is 1.79 bits per heavy atom. The molecular formula is C23H28F2N2O7. The van der Waals surface area contributed by atoms with Gasteiger partial charge in [0, 0.05) is 26.5 Å². The number of Topliss-reactive ketones (excluding diaryl/α,β-unsaturated/α-hetero) is 1. The van der Waals surface area contributed by atoms with Crippen LogP contribution >= 0.6 is 0 Å². The number of nitrogens with zero attached hydrogens (tertiary/aromatic N) is 1. The number of nitrogens with two attached hydrogens (primary N) is 1. The lowest BCUT2D eigenvalue weighted by molar-refractivity contribution is -0.111. The molecule has 11 heteroatoms. The van der Waals surface area contributed by atoms with E-state index in [1.807, 2.05) is 0 Å². The van der Waals surface area contributed by atoms with Crippen molar-refractivity contribution in [3.8, 4) is 5.75 Å². The summed E-state index contributed by atoms with van der Waals surface area (Å²) in [5.74, 6) is -3.68. The van der Waals surface area contributed by atoms with Gasteiger partial charge in [-0.25, -0.2) is 13.6 Å². The number of ketones is 1. The second-order valence-corrected chi connectivity index (χ2v) is 7.17. The van der Waals surface area contributed by atoms with Gasteiger partial charge in [-0.1, -0.05) is 6.07 Å². The first kappa shape index (κ1) is 27.1. The Kier molecular flexibility index (Phi) is 9.84. The summed E-state index contributed by atoms with van der Waals surface area (Å²) in [6.07, 6.45) is 0.0214. The molecule has 1 heterocycles. The van der Waals surface area contributed by atoms with Crippen molar-refractivity contribution in [1.29, 1.82) is 0 Å². The second kappa shape index (κ2) is 12.4. The van der Waals surface area contributed by atoms with Gasteiger partial charge in [0.15, 0.2) is 23.5 Å². The number of halogens is 2. The van der Waals surface area contributed by atoms with Gasteiger partial charge in [-0.05, 0) is 31.9 Å². The van der Waals surface area contributed by atoms with Gasteiger partial charge in [0.25, 0.3) is 0 Å². The molecule has 2 aromatic rings. The van der Waals surface area contributed by atoms with E-state index < -0.39 is 46.9 Å². The summed E-state index contributed by atoms with van der Waals surface area (Å²) < 4.78 is 49.4. The maximum Gasteiger partial charge on any atom is 0.359 e. The van der Waals surface area contributed by atoms with Gasteiger partial charge in [0.1, 0.15) is 11.6 Å². The largest absolute Gasteiger partial charge is 0.488 e. The van der Waals surface area contributed by atoms with E-state index in [0.29, 0.717) is 6.07 Å². The van der Waals surface area contributed by atoms with Gasteiger partial charge in [0.05, 0.1) is 31.4 Å². The van der Waals surface area contributed by atoms with E-state index in [1.165, 1.54) is 24.9 Å². The third kappa shape index (κ3) is 6.25. The van der Waals surface area contributed by atoms with Crippen molar-refractivity contribution < 1.29 is 37.3 Å². The number of hydrogen-bond donors (Lipinski definition) is 1. The van der Waals surface area contributed by atoms with Crippen molar-refractivity contribution in [2.24, 2.45) is 5.73 Å². The van der Waals surface area contributed by atoms with E-state index in [-0.39, 0.29) is 43.0 Å². The molecule has 0 bridgehead atoms. The fourth-order valence-corrected chi connectivity index (χ4v) is 3.27. The van der Waals surface area contributed by atoms with Crippen LogP contribution in [0.4, 0.5) is 8.78 Å². The maximum atomic E-state index is 14.0. The molecule has 0 fully saturated rings. The molecule has 2 N–H and O–H groups in total. The van der Waals surface area contributed by atoms with Crippen LogP contribution in [-0.4, -0.2) is 56.1 Å². The predicted molar refractivity (Wildman–Crippen MR) is 118 cm³/mol. The van der Waals surface area contributed by atoms with Crippen LogP contribution in [0.2, 0.25) is 0 Å². The first-order valence-electron chi connectivity index (χ1n) is 10.5. The summed E-state index contributed by atoms with van der Waals surface area (Å²) in [5.41, 5.74) is 4.53. The number of methoxy groups -OCH3 is 2. The van der Waals surface area contributed by atoms with Crippen LogP contribution in [0, 0.1) is 11.6 Å². The Morgan fingerprint density at radius 1 is 1.12 bits per heavy atom. The van der Waals surface area contributed by atoms with E-state index >= 15 is 0 Å². The monoisotopic (exact) mass is 482 g/mol. The number of esters is 1. The Labute approximate surface area is 195 Å². The van der Waals surface area contributed by atoms with Gasteiger partial charge in [-0.2, -0.15) is 0 Å². The first-order chi connectivity index (χ1) is 16.2. The molecule has 0 radical (unpaired) electrons. The minimum Gasteiger partial charge on any atom is -0.488 e. The Bertz CT molecular complexity index is 1080. The molecule has 1 aromatic carbocycles. The van der Waals surface area contributed by atoms with Crippen molar-refractivity contribution in [3.05, 3.63) is 63.1 Å². The fraction of sp³-hybridized carbons (Fsp3) is 0.435. The minimum atomic E-state index is -1.33. The summed E-state index contributed by atoms with van der Waals surface area (Å²) >= 11 is 0. The molecule has 0 amide bonds. The molecule has 186 valence electrons. The number of rotatable bonds is 12. The van der Waals surface area contributed by atoms with Gasteiger partial charge < -0.3 is 29.2 Å². The number of ether oxygens (including phenoxy) is 4. The van der Waals surface area contributed by atoms with E-state index in [1.54, 1.807) is 13.8 Å². The lowest BCUT2D eigenvalue weighted by Gasteiger charge is -2.21. The number of benzene rings is 1. The summed E-state index contributed by atoms with van der Waals surface area (Å²) in [4.78, 5) is 39.0. The highest BCUT2D eigenvalue weighted by Gasteiger charge is 2.29. The number of carbonyl (C=O) groups is 2. The lowest BCUT2D eigenvalue weighted by atomic mass is 9.98. The van der Waals surface area contributed by atoms with Gasteiger partial charge in [-0.15, -0.1) is 0 Å². The van der Waals surface area contributed by atoms with Crippen LogP contribution in [0.5, 0.6) is 5.75 Å². The lowest BCUT2D eigenvalue weighted by Crippen LogP contribution is -2.38. The molecule has 0 aliphatic heterocycles. The van der Waals surface area contributed by atoms with Gasteiger partial charge in [-0.3, -0.25) is 9.59 Å². The number of pyridine rings is 1. The summed E-state index contributed by atoms with van der Waals surface area (Å²) in [7, 11) is 2.76. The summed E-state index contributed by atoms with van der Waals surface area (Å²) in [6, 6.07) is 1.56. The zero-order chi connectivity index (χ0) is 25.4. The van der Waals surface area contributed by atoms with Crippen molar-refractivity contribution in [3.63, 3.8) is 0 Å². The summed E-state index contributed by atoms with van der Waals surface area (Å²) in [6.45, 7) is 3.15. The minimum absolute atomic E-state index is 0.00887. The van der Waals surface area contributed by atoms with Crippen LogP contribution in [0.15, 0.2) is 29.2 Å². The highest BCUT2D eigenvalue weighted by molar-refractivity contribution is 6.01. The van der Waals surface area contributed by atoms with Crippen molar-refractivity contribution >= 4 is 11.8 Å². The van der Waals surface area contributed by atoms with Crippen LogP contribution in [0.1, 0.15) is 40.3 Å². The van der Waals surface area contributed by atoms with Crippen LogP contribution in [0.3, 0.4) is 0 Å². The predicted octanol–water partition coefficient (Wildman–Crippen LogP) is 2.07. The highest BCUT2D eigenvalue weighted by atomic mass is 19.1. The number of hydrogen-bond acceptors (Lipinski definition) is 8. The molecule has 0 spiro atoms. The fourth-order valence-electron chi connectivity index (χ4n) is 3.27. The third-order valence-corrected chi connectivity index (χ3v) is 4.92. The van der Waals surface area contributed by atoms with Crippen molar-refractivity contribution in [2.75, 3.05) is 27.4 Å². The highest BCUT2D eigenvalue weighted by Crippen LogP contribution is 2.20. The molecule has 1 aromatic heterocycles. The molecule has 0 saturated carbocycles. The van der Waals surface area contributed by atoms with E-state index in [2.05, 4.69) is 0 Å². The summed E-state index contributed by atoms with van der Waals surface area (Å²) in [5, 5.41) is 0. The molecule has 1 unspecified atom stereocenters.